The van der Waals surface area contributed by atoms with E-state index in [-0.39, 0.29) is 0 Å². The Balaban J connectivity index is 1.42. The molecule has 0 unspecified atom stereocenters. The Labute approximate surface area is 189 Å². The van der Waals surface area contributed by atoms with Gasteiger partial charge in [-0.3, -0.25) is 4.79 Å². The van der Waals surface area contributed by atoms with Gasteiger partial charge >= 0.3 is 6.03 Å². The van der Waals surface area contributed by atoms with Crippen molar-refractivity contribution in [1.29, 1.82) is 5.26 Å². The lowest BCUT2D eigenvalue weighted by molar-refractivity contribution is 0.0743. The number of hydrogen-bond donors (Lipinski definition) is 1. The standard InChI is InChI=1S/C26H30N4O2/c1-2-18-8-11-23(24(16-18)22-4-3-5-22)25(31)30(28)26(32)29-14-12-21(13-15-29)20-9-6-19(17-27)7-10-20/h6-11,16,21-22H,2-5,12-15,28H2,1H3. The molecule has 0 spiro atoms. The highest BCUT2D eigenvalue weighted by Gasteiger charge is 2.32. The third kappa shape index (κ3) is 4.39. The lowest BCUT2D eigenvalue weighted by Gasteiger charge is -2.34. The number of amides is 3. The van der Waals surface area contributed by atoms with Crippen LogP contribution in [0.25, 0.3) is 0 Å². The predicted molar refractivity (Wildman–Crippen MR) is 123 cm³/mol. The summed E-state index contributed by atoms with van der Waals surface area (Å²) in [6.45, 7) is 3.20. The van der Waals surface area contributed by atoms with Crippen molar-refractivity contribution < 1.29 is 9.59 Å². The van der Waals surface area contributed by atoms with Crippen LogP contribution in [0, 0.1) is 11.3 Å². The van der Waals surface area contributed by atoms with E-state index in [0.717, 1.165) is 42.7 Å². The fourth-order valence-electron chi connectivity index (χ4n) is 4.69. The number of rotatable bonds is 4. The van der Waals surface area contributed by atoms with Crippen LogP contribution >= 0.6 is 0 Å². The van der Waals surface area contributed by atoms with E-state index in [1.165, 1.54) is 17.5 Å². The molecule has 1 saturated carbocycles. The molecule has 32 heavy (non-hydrogen) atoms. The van der Waals surface area contributed by atoms with Crippen molar-refractivity contribution >= 4 is 11.9 Å². The van der Waals surface area contributed by atoms with E-state index < -0.39 is 11.9 Å². The molecule has 0 atom stereocenters. The minimum atomic E-state index is -0.438. The lowest BCUT2D eigenvalue weighted by atomic mass is 9.77. The van der Waals surface area contributed by atoms with Gasteiger partial charge in [0, 0.05) is 18.7 Å². The molecule has 1 saturated heterocycles. The number of urea groups is 1. The highest BCUT2D eigenvalue weighted by atomic mass is 16.2. The van der Waals surface area contributed by atoms with E-state index in [2.05, 4.69) is 19.1 Å². The first-order chi connectivity index (χ1) is 15.5. The summed E-state index contributed by atoms with van der Waals surface area (Å²) < 4.78 is 0. The minimum Gasteiger partial charge on any atom is -0.323 e. The van der Waals surface area contributed by atoms with Crippen LogP contribution in [-0.2, 0) is 6.42 Å². The molecule has 166 valence electrons. The van der Waals surface area contributed by atoms with Gasteiger partial charge in [-0.05, 0) is 78.8 Å². The molecule has 1 aliphatic heterocycles. The maximum Gasteiger partial charge on any atom is 0.341 e. The number of nitrogens with two attached hydrogens (primary N) is 1. The molecule has 0 bridgehead atoms. The fourth-order valence-corrected chi connectivity index (χ4v) is 4.69. The van der Waals surface area contributed by atoms with Crippen LogP contribution in [0.2, 0.25) is 0 Å². The molecule has 2 aromatic rings. The molecule has 2 fully saturated rings. The summed E-state index contributed by atoms with van der Waals surface area (Å²) >= 11 is 0. The number of nitriles is 1. The zero-order valence-corrected chi connectivity index (χ0v) is 18.6. The minimum absolute atomic E-state index is 0.334. The van der Waals surface area contributed by atoms with Gasteiger partial charge in [-0.15, -0.1) is 0 Å². The topological polar surface area (TPSA) is 90.4 Å². The molecule has 6 heteroatoms. The second kappa shape index (κ2) is 9.54. The van der Waals surface area contributed by atoms with Crippen molar-refractivity contribution in [2.75, 3.05) is 13.1 Å². The van der Waals surface area contributed by atoms with Crippen molar-refractivity contribution in [3.05, 3.63) is 70.3 Å². The summed E-state index contributed by atoms with van der Waals surface area (Å²) in [6, 6.07) is 15.2. The van der Waals surface area contributed by atoms with Crippen molar-refractivity contribution in [3.8, 4) is 6.07 Å². The van der Waals surface area contributed by atoms with E-state index >= 15 is 0 Å². The quantitative estimate of drug-likeness (QED) is 0.432. The van der Waals surface area contributed by atoms with Gasteiger partial charge in [0.15, 0.2) is 0 Å². The van der Waals surface area contributed by atoms with Gasteiger partial charge in [0.1, 0.15) is 0 Å². The Hall–Kier alpha value is -3.17. The van der Waals surface area contributed by atoms with Crippen LogP contribution < -0.4 is 5.84 Å². The number of hydrogen-bond acceptors (Lipinski definition) is 4. The number of likely N-dealkylation sites (tertiary alicyclic amines) is 1. The van der Waals surface area contributed by atoms with Gasteiger partial charge in [-0.1, -0.05) is 37.6 Å². The van der Waals surface area contributed by atoms with Gasteiger partial charge in [-0.2, -0.15) is 10.3 Å². The molecule has 2 aliphatic rings. The highest BCUT2D eigenvalue weighted by molar-refractivity contribution is 6.04. The van der Waals surface area contributed by atoms with Crippen LogP contribution in [-0.4, -0.2) is 34.9 Å². The van der Waals surface area contributed by atoms with E-state index in [1.54, 1.807) is 4.90 Å². The summed E-state index contributed by atoms with van der Waals surface area (Å²) in [4.78, 5) is 27.8. The molecular weight excluding hydrogens is 400 g/mol. The van der Waals surface area contributed by atoms with Crippen LogP contribution in [0.15, 0.2) is 42.5 Å². The van der Waals surface area contributed by atoms with Gasteiger partial charge in [0.2, 0.25) is 0 Å². The zero-order valence-electron chi connectivity index (χ0n) is 18.6. The largest absolute Gasteiger partial charge is 0.341 e. The fraction of sp³-hybridized carbons (Fsp3) is 0.423. The molecule has 4 rings (SSSR count). The third-order valence-corrected chi connectivity index (χ3v) is 7.00. The first kappa shape index (κ1) is 22.0. The van der Waals surface area contributed by atoms with Crippen LogP contribution in [0.1, 0.15) is 83.5 Å². The first-order valence-electron chi connectivity index (χ1n) is 11.5. The van der Waals surface area contributed by atoms with Crippen molar-refractivity contribution in [2.45, 2.75) is 57.3 Å². The van der Waals surface area contributed by atoms with E-state index in [4.69, 9.17) is 11.1 Å². The van der Waals surface area contributed by atoms with Gasteiger partial charge < -0.3 is 4.90 Å². The Morgan fingerprint density at radius 1 is 1.06 bits per heavy atom. The summed E-state index contributed by atoms with van der Waals surface area (Å²) in [5, 5.41) is 9.76. The molecule has 6 nitrogen and oxygen atoms in total. The molecule has 0 radical (unpaired) electrons. The predicted octanol–water partition coefficient (Wildman–Crippen LogP) is 4.70. The molecule has 3 amide bonds. The Kier molecular flexibility index (Phi) is 6.57. The zero-order chi connectivity index (χ0) is 22.7. The molecule has 1 aliphatic carbocycles. The monoisotopic (exact) mass is 430 g/mol. The number of piperidine rings is 1. The van der Waals surface area contributed by atoms with Gasteiger partial charge in [-0.25, -0.2) is 10.6 Å². The van der Waals surface area contributed by atoms with Crippen molar-refractivity contribution in [1.82, 2.24) is 9.91 Å². The number of carbonyl (C=O) groups is 2. The van der Waals surface area contributed by atoms with E-state index in [0.29, 0.717) is 36.1 Å². The average Bonchev–Trinajstić information content (AvgIpc) is 2.81. The molecule has 2 aromatic carbocycles. The second-order valence-electron chi connectivity index (χ2n) is 8.86. The number of benzene rings is 2. The SMILES string of the molecule is CCc1ccc(C(=O)N(N)C(=O)N2CCC(c3ccc(C#N)cc3)CC2)c(C2CCC2)c1. The number of nitrogens with zero attached hydrogens (tertiary/aromatic N) is 3. The Morgan fingerprint density at radius 2 is 1.75 bits per heavy atom. The number of aryl methyl sites for hydroxylation is 1. The maximum absolute atomic E-state index is 13.2. The summed E-state index contributed by atoms with van der Waals surface area (Å²) in [7, 11) is 0. The second-order valence-corrected chi connectivity index (χ2v) is 8.86. The van der Waals surface area contributed by atoms with Gasteiger partial charge in [0.25, 0.3) is 5.91 Å². The Morgan fingerprint density at radius 3 is 2.31 bits per heavy atom. The smallest absolute Gasteiger partial charge is 0.323 e. The molecular formula is C26H30N4O2. The average molecular weight is 431 g/mol. The summed E-state index contributed by atoms with van der Waals surface area (Å²) in [5.74, 6) is 6.36. The number of hydrazine groups is 1. The number of imide groups is 1. The highest BCUT2D eigenvalue weighted by Crippen LogP contribution is 2.39. The van der Waals surface area contributed by atoms with Gasteiger partial charge in [0.05, 0.1) is 11.6 Å². The lowest BCUT2D eigenvalue weighted by Crippen LogP contribution is -2.52. The van der Waals surface area contributed by atoms with Crippen LogP contribution in [0.4, 0.5) is 4.79 Å². The number of carbonyl (C=O) groups excluding carboxylic acids is 2. The molecule has 0 aromatic heterocycles. The molecule has 2 N–H and O–H groups in total. The van der Waals surface area contributed by atoms with Crippen molar-refractivity contribution in [3.63, 3.8) is 0 Å². The Bertz CT molecular complexity index is 1030. The van der Waals surface area contributed by atoms with E-state index in [9.17, 15) is 9.59 Å². The summed E-state index contributed by atoms with van der Waals surface area (Å²) in [5.41, 5.74) is 4.60. The molecule has 1 heterocycles. The normalized spacial score (nSPS) is 16.8. The van der Waals surface area contributed by atoms with Crippen LogP contribution in [0.3, 0.4) is 0 Å². The van der Waals surface area contributed by atoms with E-state index in [1.807, 2.05) is 36.4 Å². The van der Waals surface area contributed by atoms with Crippen molar-refractivity contribution in [2.24, 2.45) is 5.84 Å². The maximum atomic E-state index is 13.2. The summed E-state index contributed by atoms with van der Waals surface area (Å²) in [6.07, 6.45) is 5.85. The third-order valence-electron chi connectivity index (χ3n) is 7.00. The first-order valence-corrected chi connectivity index (χ1v) is 11.5. The van der Waals surface area contributed by atoms with Crippen LogP contribution in [0.5, 0.6) is 0 Å².